The summed E-state index contributed by atoms with van der Waals surface area (Å²) in [5.74, 6) is 2.37. The SMILES string of the molecule is CCOC(=O)C1(CCOc2ccccc2)CCN(Cc2ccc3c(c2)OCCO3)CC1. The van der Waals surface area contributed by atoms with Crippen molar-refractivity contribution in [3.63, 3.8) is 0 Å². The van der Waals surface area contributed by atoms with Crippen LogP contribution in [0.25, 0.3) is 0 Å². The third kappa shape index (κ3) is 5.31. The Labute approximate surface area is 184 Å². The number of para-hydroxylation sites is 1. The van der Waals surface area contributed by atoms with Gasteiger partial charge in [0.1, 0.15) is 19.0 Å². The molecule has 0 aromatic heterocycles. The Hall–Kier alpha value is -2.73. The Kier molecular flexibility index (Phi) is 6.97. The number of hydrogen-bond acceptors (Lipinski definition) is 6. The first-order chi connectivity index (χ1) is 15.2. The van der Waals surface area contributed by atoms with Gasteiger partial charge in [0.25, 0.3) is 0 Å². The number of nitrogens with zero attached hydrogens (tertiary/aromatic N) is 1. The Morgan fingerprint density at radius 3 is 2.52 bits per heavy atom. The predicted molar refractivity (Wildman–Crippen MR) is 118 cm³/mol. The van der Waals surface area contributed by atoms with E-state index in [0.29, 0.717) is 32.8 Å². The van der Waals surface area contributed by atoms with Gasteiger partial charge in [0.2, 0.25) is 0 Å². The highest BCUT2D eigenvalue weighted by Gasteiger charge is 2.42. The fourth-order valence-electron chi connectivity index (χ4n) is 4.30. The summed E-state index contributed by atoms with van der Waals surface area (Å²) < 4.78 is 22.7. The van der Waals surface area contributed by atoms with E-state index in [0.717, 1.165) is 49.7 Å². The van der Waals surface area contributed by atoms with Crippen molar-refractivity contribution >= 4 is 5.97 Å². The van der Waals surface area contributed by atoms with Crippen LogP contribution in [0.2, 0.25) is 0 Å². The van der Waals surface area contributed by atoms with Gasteiger partial charge in [-0.15, -0.1) is 0 Å². The van der Waals surface area contributed by atoms with Gasteiger partial charge in [-0.25, -0.2) is 0 Å². The van der Waals surface area contributed by atoms with E-state index < -0.39 is 5.41 Å². The molecular formula is C25H31NO5. The van der Waals surface area contributed by atoms with Crippen LogP contribution in [0.3, 0.4) is 0 Å². The normalized spacial score (nSPS) is 17.7. The fourth-order valence-corrected chi connectivity index (χ4v) is 4.30. The molecule has 0 radical (unpaired) electrons. The third-order valence-corrected chi connectivity index (χ3v) is 6.13. The number of carbonyl (C=O) groups is 1. The summed E-state index contributed by atoms with van der Waals surface area (Å²) in [7, 11) is 0. The van der Waals surface area contributed by atoms with Gasteiger partial charge in [-0.3, -0.25) is 9.69 Å². The Bertz CT molecular complexity index is 861. The largest absolute Gasteiger partial charge is 0.494 e. The molecule has 0 amide bonds. The lowest BCUT2D eigenvalue weighted by molar-refractivity contribution is -0.159. The van der Waals surface area contributed by atoms with Crippen molar-refractivity contribution < 1.29 is 23.7 Å². The second-order valence-corrected chi connectivity index (χ2v) is 8.17. The lowest BCUT2D eigenvalue weighted by Crippen LogP contribution is -2.45. The highest BCUT2D eigenvalue weighted by Crippen LogP contribution is 2.38. The summed E-state index contributed by atoms with van der Waals surface area (Å²) in [6.07, 6.45) is 2.21. The molecule has 0 atom stereocenters. The second-order valence-electron chi connectivity index (χ2n) is 8.17. The zero-order chi connectivity index (χ0) is 21.5. The van der Waals surface area contributed by atoms with Gasteiger partial charge < -0.3 is 18.9 Å². The van der Waals surface area contributed by atoms with Crippen LogP contribution in [0, 0.1) is 5.41 Å². The van der Waals surface area contributed by atoms with Crippen molar-refractivity contribution in [1.29, 1.82) is 0 Å². The van der Waals surface area contributed by atoms with E-state index in [2.05, 4.69) is 17.0 Å². The molecule has 0 aliphatic carbocycles. The number of likely N-dealkylation sites (tertiary alicyclic amines) is 1. The molecule has 2 aliphatic heterocycles. The van der Waals surface area contributed by atoms with Crippen LogP contribution in [-0.2, 0) is 16.1 Å². The van der Waals surface area contributed by atoms with E-state index >= 15 is 0 Å². The zero-order valence-corrected chi connectivity index (χ0v) is 18.2. The molecule has 2 aliphatic rings. The first kappa shape index (κ1) is 21.5. The number of benzene rings is 2. The van der Waals surface area contributed by atoms with Crippen LogP contribution in [0.5, 0.6) is 17.2 Å². The van der Waals surface area contributed by atoms with Crippen molar-refractivity contribution in [2.24, 2.45) is 5.41 Å². The van der Waals surface area contributed by atoms with Crippen LogP contribution in [0.1, 0.15) is 31.7 Å². The molecule has 0 N–H and O–H groups in total. The van der Waals surface area contributed by atoms with Gasteiger partial charge in [0, 0.05) is 6.54 Å². The van der Waals surface area contributed by atoms with E-state index in [-0.39, 0.29) is 5.97 Å². The number of ether oxygens (including phenoxy) is 4. The molecule has 2 aromatic carbocycles. The number of rotatable bonds is 8. The van der Waals surface area contributed by atoms with E-state index in [4.69, 9.17) is 18.9 Å². The average molecular weight is 426 g/mol. The molecule has 1 fully saturated rings. The maximum absolute atomic E-state index is 12.9. The average Bonchev–Trinajstić information content (AvgIpc) is 2.81. The molecule has 166 valence electrons. The highest BCUT2D eigenvalue weighted by atomic mass is 16.6. The van der Waals surface area contributed by atoms with Gasteiger partial charge >= 0.3 is 5.97 Å². The highest BCUT2D eigenvalue weighted by molar-refractivity contribution is 5.77. The minimum absolute atomic E-state index is 0.0920. The maximum Gasteiger partial charge on any atom is 0.312 e. The van der Waals surface area contributed by atoms with E-state index in [1.807, 2.05) is 43.3 Å². The zero-order valence-electron chi connectivity index (χ0n) is 18.2. The topological polar surface area (TPSA) is 57.2 Å². The van der Waals surface area contributed by atoms with Gasteiger partial charge in [0.15, 0.2) is 11.5 Å². The predicted octanol–water partition coefficient (Wildman–Crippen LogP) is 4.07. The molecular weight excluding hydrogens is 394 g/mol. The number of piperidine rings is 1. The van der Waals surface area contributed by atoms with E-state index in [1.54, 1.807) is 0 Å². The summed E-state index contributed by atoms with van der Waals surface area (Å²) >= 11 is 0. The Morgan fingerprint density at radius 1 is 1.03 bits per heavy atom. The van der Waals surface area contributed by atoms with Crippen molar-refractivity contribution in [2.75, 3.05) is 39.5 Å². The molecule has 1 saturated heterocycles. The summed E-state index contributed by atoms with van der Waals surface area (Å²) in [5.41, 5.74) is 0.717. The lowest BCUT2D eigenvalue weighted by atomic mass is 9.75. The minimum Gasteiger partial charge on any atom is -0.494 e. The Morgan fingerprint density at radius 2 is 1.77 bits per heavy atom. The quantitative estimate of drug-likeness (QED) is 0.594. The summed E-state index contributed by atoms with van der Waals surface area (Å²) in [6.45, 7) is 6.48. The number of hydrogen-bond donors (Lipinski definition) is 0. The summed E-state index contributed by atoms with van der Waals surface area (Å²) in [4.78, 5) is 15.3. The summed E-state index contributed by atoms with van der Waals surface area (Å²) in [6, 6.07) is 15.9. The molecule has 6 heteroatoms. The van der Waals surface area contributed by atoms with Gasteiger partial charge in [-0.05, 0) is 69.1 Å². The molecule has 0 saturated carbocycles. The monoisotopic (exact) mass is 425 g/mol. The molecule has 4 rings (SSSR count). The van der Waals surface area contributed by atoms with Crippen molar-refractivity contribution in [2.45, 2.75) is 32.7 Å². The molecule has 31 heavy (non-hydrogen) atoms. The Balaban J connectivity index is 1.35. The maximum atomic E-state index is 12.9. The molecule has 0 bridgehead atoms. The van der Waals surface area contributed by atoms with Crippen molar-refractivity contribution in [3.8, 4) is 17.2 Å². The van der Waals surface area contributed by atoms with Crippen molar-refractivity contribution in [3.05, 3.63) is 54.1 Å². The fraction of sp³-hybridized carbons (Fsp3) is 0.480. The molecule has 0 unspecified atom stereocenters. The molecule has 2 heterocycles. The smallest absolute Gasteiger partial charge is 0.312 e. The molecule has 2 aromatic rings. The van der Waals surface area contributed by atoms with E-state index in [1.165, 1.54) is 5.56 Å². The number of fused-ring (bicyclic) bond motifs is 1. The number of carbonyl (C=O) groups excluding carboxylic acids is 1. The first-order valence-electron chi connectivity index (χ1n) is 11.1. The van der Waals surface area contributed by atoms with Crippen LogP contribution in [0.15, 0.2) is 48.5 Å². The van der Waals surface area contributed by atoms with Gasteiger partial charge in [-0.2, -0.15) is 0 Å². The lowest BCUT2D eigenvalue weighted by Gasteiger charge is -2.40. The standard InChI is InChI=1S/C25H31NO5/c1-2-28-24(27)25(12-15-29-21-6-4-3-5-7-21)10-13-26(14-11-25)19-20-8-9-22-23(18-20)31-17-16-30-22/h3-9,18H,2,10-17,19H2,1H3. The molecule has 0 spiro atoms. The first-order valence-corrected chi connectivity index (χ1v) is 11.1. The van der Waals surface area contributed by atoms with Gasteiger partial charge in [0.05, 0.1) is 18.6 Å². The third-order valence-electron chi connectivity index (χ3n) is 6.13. The number of esters is 1. The summed E-state index contributed by atoms with van der Waals surface area (Å²) in [5, 5.41) is 0. The van der Waals surface area contributed by atoms with Crippen molar-refractivity contribution in [1.82, 2.24) is 4.90 Å². The molecule has 6 nitrogen and oxygen atoms in total. The van der Waals surface area contributed by atoms with Crippen LogP contribution >= 0.6 is 0 Å². The van der Waals surface area contributed by atoms with Crippen LogP contribution < -0.4 is 14.2 Å². The second kappa shape index (κ2) is 10.1. The van der Waals surface area contributed by atoms with Crippen LogP contribution in [0.4, 0.5) is 0 Å². The minimum atomic E-state index is -0.478. The van der Waals surface area contributed by atoms with Crippen LogP contribution in [-0.4, -0.2) is 50.4 Å². The van der Waals surface area contributed by atoms with E-state index in [9.17, 15) is 4.79 Å². The van der Waals surface area contributed by atoms with Gasteiger partial charge in [-0.1, -0.05) is 24.3 Å².